The van der Waals surface area contributed by atoms with Crippen LogP contribution >= 0.6 is 0 Å². The van der Waals surface area contributed by atoms with Gasteiger partial charge in [-0.15, -0.1) is 0 Å². The second kappa shape index (κ2) is 63.3. The van der Waals surface area contributed by atoms with E-state index in [2.05, 4.69) is 148 Å². The SMILES string of the molecule is CC/C=C\C/C=C\C/C=C\C/C=C\C/C=C\C/C=C\C/C=C\C/C=C\C/C=C\C/C=C\C/C=C\CCCCCCCCCC(=O)OC(CO)COC(=O)CCCCCCCCCCCCCCCCCCCCC. The smallest absolute Gasteiger partial charge is 0.306 e. The number of aliphatic hydroxyl groups excluding tert-OH is 1. The van der Waals surface area contributed by atoms with E-state index in [1.54, 1.807) is 0 Å². The van der Waals surface area contributed by atoms with Gasteiger partial charge in [-0.25, -0.2) is 0 Å². The van der Waals surface area contributed by atoms with Crippen LogP contribution in [0.4, 0.5) is 0 Å². The molecule has 0 heterocycles. The summed E-state index contributed by atoms with van der Waals surface area (Å²) in [6, 6.07) is 0. The molecule has 420 valence electrons. The first-order valence-electron chi connectivity index (χ1n) is 30.7. The molecule has 0 spiro atoms. The van der Waals surface area contributed by atoms with Crippen LogP contribution in [0.3, 0.4) is 0 Å². The number of carbonyl (C=O) groups excluding carboxylic acids is 2. The second-order valence-corrected chi connectivity index (χ2v) is 20.1. The summed E-state index contributed by atoms with van der Waals surface area (Å²) in [5.74, 6) is -0.601. The lowest BCUT2D eigenvalue weighted by molar-refractivity contribution is -0.161. The van der Waals surface area contributed by atoms with Gasteiger partial charge in [-0.05, 0) is 96.3 Å². The first-order valence-corrected chi connectivity index (χ1v) is 30.7. The van der Waals surface area contributed by atoms with E-state index >= 15 is 0 Å². The number of unbranched alkanes of at least 4 members (excludes halogenated alkanes) is 25. The van der Waals surface area contributed by atoms with Gasteiger partial charge in [-0.2, -0.15) is 0 Å². The van der Waals surface area contributed by atoms with E-state index in [0.29, 0.717) is 12.8 Å². The zero-order valence-electron chi connectivity index (χ0n) is 48.1. The van der Waals surface area contributed by atoms with Gasteiger partial charge in [0.25, 0.3) is 0 Å². The molecule has 0 aliphatic rings. The van der Waals surface area contributed by atoms with E-state index in [1.165, 1.54) is 128 Å². The Kier molecular flexibility index (Phi) is 59.9. The zero-order valence-corrected chi connectivity index (χ0v) is 48.1. The fourth-order valence-electron chi connectivity index (χ4n) is 8.38. The van der Waals surface area contributed by atoms with Crippen molar-refractivity contribution >= 4 is 11.9 Å². The Hall–Kier alpha value is -3.96. The maximum atomic E-state index is 12.3. The highest BCUT2D eigenvalue weighted by molar-refractivity contribution is 5.70. The van der Waals surface area contributed by atoms with Gasteiger partial charge in [0.05, 0.1) is 6.61 Å². The van der Waals surface area contributed by atoms with Crippen molar-refractivity contribution in [1.29, 1.82) is 0 Å². The molecule has 0 rings (SSSR count). The minimum absolute atomic E-state index is 0.0739. The molecule has 0 aromatic heterocycles. The van der Waals surface area contributed by atoms with Crippen molar-refractivity contribution in [3.05, 3.63) is 134 Å². The third-order valence-corrected chi connectivity index (χ3v) is 13.0. The lowest BCUT2D eigenvalue weighted by atomic mass is 10.0. The van der Waals surface area contributed by atoms with Crippen LogP contribution in [0, 0.1) is 0 Å². The normalized spacial score (nSPS) is 13.2. The van der Waals surface area contributed by atoms with E-state index in [4.69, 9.17) is 9.47 Å². The van der Waals surface area contributed by atoms with Crippen molar-refractivity contribution in [2.75, 3.05) is 13.2 Å². The Balaban J connectivity index is 3.60. The highest BCUT2D eigenvalue weighted by atomic mass is 16.6. The van der Waals surface area contributed by atoms with E-state index in [-0.39, 0.29) is 25.2 Å². The Bertz CT molecular complexity index is 1530. The molecule has 5 nitrogen and oxygen atoms in total. The third kappa shape index (κ3) is 60.6. The van der Waals surface area contributed by atoms with Crippen molar-refractivity contribution in [2.24, 2.45) is 0 Å². The van der Waals surface area contributed by atoms with Gasteiger partial charge in [0.15, 0.2) is 6.10 Å². The number of carbonyl (C=O) groups is 2. The predicted molar refractivity (Wildman–Crippen MR) is 324 cm³/mol. The molecule has 0 aliphatic carbocycles. The summed E-state index contributed by atoms with van der Waals surface area (Å²) in [4.78, 5) is 24.5. The largest absolute Gasteiger partial charge is 0.462 e. The van der Waals surface area contributed by atoms with Crippen LogP contribution in [0.25, 0.3) is 0 Å². The Morgan fingerprint density at radius 3 is 0.878 bits per heavy atom. The van der Waals surface area contributed by atoms with Crippen molar-refractivity contribution in [2.45, 2.75) is 277 Å². The summed E-state index contributed by atoms with van der Waals surface area (Å²) in [6.45, 7) is 4.03. The van der Waals surface area contributed by atoms with E-state index in [9.17, 15) is 14.7 Å². The van der Waals surface area contributed by atoms with Gasteiger partial charge in [0.2, 0.25) is 0 Å². The molecule has 0 aromatic carbocycles. The minimum Gasteiger partial charge on any atom is -0.462 e. The highest BCUT2D eigenvalue weighted by Crippen LogP contribution is 2.16. The van der Waals surface area contributed by atoms with Crippen molar-refractivity contribution in [1.82, 2.24) is 0 Å². The fraction of sp³-hybridized carbons (Fsp3) is 0.652. The second-order valence-electron chi connectivity index (χ2n) is 20.1. The molecule has 0 aliphatic heterocycles. The average molecular weight is 1020 g/mol. The molecule has 0 fully saturated rings. The van der Waals surface area contributed by atoms with Gasteiger partial charge < -0.3 is 14.6 Å². The number of esters is 2. The van der Waals surface area contributed by atoms with Crippen LogP contribution in [0.5, 0.6) is 0 Å². The van der Waals surface area contributed by atoms with Gasteiger partial charge in [-0.1, -0.05) is 295 Å². The number of hydrogen-bond donors (Lipinski definition) is 1. The van der Waals surface area contributed by atoms with Crippen molar-refractivity contribution in [3.63, 3.8) is 0 Å². The topological polar surface area (TPSA) is 72.8 Å². The molecule has 1 unspecified atom stereocenters. The number of aliphatic hydroxyl groups is 1. The van der Waals surface area contributed by atoms with Crippen LogP contribution in [0.2, 0.25) is 0 Å². The van der Waals surface area contributed by atoms with Gasteiger partial charge in [0.1, 0.15) is 6.61 Å². The summed E-state index contributed by atoms with van der Waals surface area (Å²) in [7, 11) is 0. The Morgan fingerprint density at radius 1 is 0.324 bits per heavy atom. The van der Waals surface area contributed by atoms with Crippen LogP contribution in [-0.4, -0.2) is 36.4 Å². The number of allylic oxidation sites excluding steroid dienone is 22. The summed E-state index contributed by atoms with van der Waals surface area (Å²) < 4.78 is 10.7. The monoisotopic (exact) mass is 1020 g/mol. The van der Waals surface area contributed by atoms with Crippen LogP contribution in [0.1, 0.15) is 271 Å². The summed E-state index contributed by atoms with van der Waals surface area (Å²) >= 11 is 0. The molecule has 5 heteroatoms. The molecule has 0 saturated carbocycles. The molecule has 0 radical (unpaired) electrons. The molecule has 74 heavy (non-hydrogen) atoms. The quantitative estimate of drug-likeness (QED) is 0.0373. The maximum absolute atomic E-state index is 12.3. The lowest BCUT2D eigenvalue weighted by Gasteiger charge is -2.15. The maximum Gasteiger partial charge on any atom is 0.306 e. The molecule has 0 saturated heterocycles. The van der Waals surface area contributed by atoms with E-state index < -0.39 is 6.10 Å². The van der Waals surface area contributed by atoms with Crippen LogP contribution in [-0.2, 0) is 19.1 Å². The third-order valence-electron chi connectivity index (χ3n) is 13.0. The van der Waals surface area contributed by atoms with Gasteiger partial charge >= 0.3 is 11.9 Å². The number of ether oxygens (including phenoxy) is 2. The number of hydrogen-bond acceptors (Lipinski definition) is 5. The Labute approximate surface area is 457 Å². The summed E-state index contributed by atoms with van der Waals surface area (Å²) in [6.07, 6.45) is 94.3. The van der Waals surface area contributed by atoms with Gasteiger partial charge in [-0.3, -0.25) is 9.59 Å². The lowest BCUT2D eigenvalue weighted by Crippen LogP contribution is -2.28. The van der Waals surface area contributed by atoms with E-state index in [1.807, 2.05) is 0 Å². The Morgan fingerprint density at radius 2 is 0.581 bits per heavy atom. The molecule has 0 bridgehead atoms. The fourth-order valence-corrected chi connectivity index (χ4v) is 8.38. The average Bonchev–Trinajstić information content (AvgIpc) is 3.40. The zero-order chi connectivity index (χ0) is 53.4. The first kappa shape index (κ1) is 70.0. The molecule has 1 atom stereocenters. The molecule has 0 amide bonds. The first-order chi connectivity index (χ1) is 36.6. The molecular weight excluding hydrogens is 909 g/mol. The van der Waals surface area contributed by atoms with Crippen molar-refractivity contribution in [3.8, 4) is 0 Å². The highest BCUT2D eigenvalue weighted by Gasteiger charge is 2.16. The standard InChI is InChI=1S/C69H114O5/c1-3-5-7-9-11-13-15-17-19-21-23-24-25-26-27-28-29-30-31-32-33-34-35-36-37-38-39-40-41-42-43-44-46-48-50-52-54-56-58-60-62-64-69(72)74-67(65-70)66-73-68(71)63-61-59-57-55-53-51-49-47-45-22-20-18-16-14-12-10-8-6-4-2/h5,7,11,13,17,19,23-24,26-27,29-30,32-33,35-36,38-39,41-42,44,46,67,70H,3-4,6,8-10,12,14-16,18,20-22,25,28,31,34,37,40,43,45,47-66H2,1-2H3/b7-5-,13-11-,19-17-,24-23-,27-26-,30-29-,33-32-,36-35-,39-38-,42-41-,46-44-. The molecule has 1 N–H and O–H groups in total. The van der Waals surface area contributed by atoms with Crippen LogP contribution in [0.15, 0.2) is 134 Å². The summed E-state index contributed by atoms with van der Waals surface area (Å²) in [5.41, 5.74) is 0. The molecule has 0 aromatic rings. The van der Waals surface area contributed by atoms with Crippen LogP contribution < -0.4 is 0 Å². The predicted octanol–water partition coefficient (Wildman–Crippen LogP) is 21.2. The van der Waals surface area contributed by atoms with Crippen molar-refractivity contribution < 1.29 is 24.2 Å². The number of rotatable bonds is 55. The summed E-state index contributed by atoms with van der Waals surface area (Å²) in [5, 5.41) is 9.66. The molecular formula is C69H114O5. The minimum atomic E-state index is -0.785. The van der Waals surface area contributed by atoms with E-state index in [0.717, 1.165) is 116 Å². The van der Waals surface area contributed by atoms with Gasteiger partial charge in [0, 0.05) is 12.8 Å².